The molecule has 2 rings (SSSR count). The van der Waals surface area contributed by atoms with E-state index in [-0.39, 0.29) is 29.8 Å². The van der Waals surface area contributed by atoms with E-state index in [4.69, 9.17) is 10.3 Å². The average molecular weight is 465 g/mol. The highest BCUT2D eigenvalue weighted by molar-refractivity contribution is 7.89. The molecular formula is C22H32N4O5S. The van der Waals surface area contributed by atoms with Gasteiger partial charge in [0.1, 0.15) is 5.76 Å². The van der Waals surface area contributed by atoms with Gasteiger partial charge in [-0.1, -0.05) is 30.1 Å². The number of unbranched alkanes of at least 4 members (excludes halogenated alkanes) is 3. The number of benzene rings is 1. The van der Waals surface area contributed by atoms with Crippen LogP contribution < -0.4 is 15.8 Å². The van der Waals surface area contributed by atoms with Gasteiger partial charge in [-0.15, -0.1) is 0 Å². The van der Waals surface area contributed by atoms with Crippen molar-refractivity contribution in [1.29, 1.82) is 0 Å². The van der Waals surface area contributed by atoms with E-state index in [0.717, 1.165) is 30.4 Å². The number of rotatable bonds is 13. The molecular weight excluding hydrogens is 432 g/mol. The molecule has 10 heteroatoms. The number of nitrogens with one attached hydrogen (secondary N) is 2. The summed E-state index contributed by atoms with van der Waals surface area (Å²) in [6, 6.07) is 5.21. The topological polar surface area (TPSA) is 144 Å². The van der Waals surface area contributed by atoms with E-state index in [1.165, 1.54) is 0 Å². The van der Waals surface area contributed by atoms with Gasteiger partial charge in [0.25, 0.3) is 0 Å². The second-order valence-electron chi connectivity index (χ2n) is 7.81. The fourth-order valence-corrected chi connectivity index (χ4v) is 4.73. The normalized spacial score (nSPS) is 11.5. The number of amides is 2. The van der Waals surface area contributed by atoms with Gasteiger partial charge < -0.3 is 15.6 Å². The summed E-state index contributed by atoms with van der Waals surface area (Å²) in [4.78, 5) is 22.7. The zero-order valence-electron chi connectivity index (χ0n) is 18.9. The molecule has 1 heterocycles. The maximum absolute atomic E-state index is 12.8. The summed E-state index contributed by atoms with van der Waals surface area (Å²) < 4.78 is 33.4. The Kier molecular flexibility index (Phi) is 9.40. The summed E-state index contributed by atoms with van der Waals surface area (Å²) >= 11 is 0. The Morgan fingerprint density at radius 1 is 1.03 bits per heavy atom. The van der Waals surface area contributed by atoms with Crippen molar-refractivity contribution in [2.45, 2.75) is 64.2 Å². The molecule has 0 saturated carbocycles. The van der Waals surface area contributed by atoms with Crippen molar-refractivity contribution in [2.24, 2.45) is 5.73 Å². The molecule has 0 aliphatic carbocycles. The first kappa shape index (κ1) is 25.5. The molecule has 0 spiro atoms. The van der Waals surface area contributed by atoms with Gasteiger partial charge in [0.15, 0.2) is 0 Å². The molecule has 176 valence electrons. The highest BCUT2D eigenvalue weighted by Crippen LogP contribution is 2.29. The Balaban J connectivity index is 1.83. The number of sulfonamides is 1. The van der Waals surface area contributed by atoms with E-state index >= 15 is 0 Å². The Bertz CT molecular complexity index is 1030. The number of hydrogen-bond donors (Lipinski definition) is 3. The van der Waals surface area contributed by atoms with Gasteiger partial charge in [0.05, 0.1) is 10.6 Å². The standard InChI is InChI=1S/C22H32N4O5S/c1-15-10-11-18(22-16(2)26-31-17(22)3)14-19(15)32(29,30)25-13-12-24-21(28)9-7-5-4-6-8-20(23)27/h10-11,14,25H,4-9,12-13H2,1-3H3,(H2,23,27)(H,24,28). The molecule has 2 amide bonds. The summed E-state index contributed by atoms with van der Waals surface area (Å²) in [6.07, 6.45) is 3.87. The number of nitrogens with zero attached hydrogens (tertiary/aromatic N) is 1. The second kappa shape index (κ2) is 11.8. The predicted molar refractivity (Wildman–Crippen MR) is 121 cm³/mol. The SMILES string of the molecule is Cc1ccc(-c2c(C)noc2C)cc1S(=O)(=O)NCCNC(=O)CCCCCCC(N)=O. The lowest BCUT2D eigenvalue weighted by Gasteiger charge is -2.12. The monoisotopic (exact) mass is 464 g/mol. The summed E-state index contributed by atoms with van der Waals surface area (Å²) in [7, 11) is -3.75. The highest BCUT2D eigenvalue weighted by Gasteiger charge is 2.19. The van der Waals surface area contributed by atoms with Gasteiger partial charge in [0.2, 0.25) is 21.8 Å². The molecule has 1 aromatic heterocycles. The Hall–Kier alpha value is -2.72. The lowest BCUT2D eigenvalue weighted by molar-refractivity contribution is -0.121. The van der Waals surface area contributed by atoms with Crippen molar-refractivity contribution >= 4 is 21.8 Å². The first-order valence-electron chi connectivity index (χ1n) is 10.7. The Labute approximate surface area is 189 Å². The minimum Gasteiger partial charge on any atom is -0.370 e. The zero-order valence-corrected chi connectivity index (χ0v) is 19.7. The van der Waals surface area contributed by atoms with Crippen LogP contribution in [0.4, 0.5) is 0 Å². The van der Waals surface area contributed by atoms with Crippen LogP contribution in [0.25, 0.3) is 11.1 Å². The molecule has 0 saturated heterocycles. The third kappa shape index (κ3) is 7.45. The maximum atomic E-state index is 12.8. The molecule has 9 nitrogen and oxygen atoms in total. The molecule has 0 aliphatic heterocycles. The first-order chi connectivity index (χ1) is 15.1. The quantitative estimate of drug-likeness (QED) is 0.388. The molecule has 0 atom stereocenters. The minimum atomic E-state index is -3.75. The molecule has 4 N–H and O–H groups in total. The van der Waals surface area contributed by atoms with Crippen molar-refractivity contribution in [2.75, 3.05) is 13.1 Å². The molecule has 2 aromatic rings. The van der Waals surface area contributed by atoms with E-state index in [2.05, 4.69) is 15.2 Å². The predicted octanol–water partition coefficient (Wildman–Crippen LogP) is 2.49. The molecule has 0 unspecified atom stereocenters. The van der Waals surface area contributed by atoms with Crippen LogP contribution in [0.15, 0.2) is 27.6 Å². The van der Waals surface area contributed by atoms with Crippen molar-refractivity contribution in [1.82, 2.24) is 15.2 Å². The van der Waals surface area contributed by atoms with Gasteiger partial charge >= 0.3 is 0 Å². The maximum Gasteiger partial charge on any atom is 0.240 e. The number of primary amides is 1. The van der Waals surface area contributed by atoms with E-state index < -0.39 is 10.0 Å². The van der Waals surface area contributed by atoms with Gasteiger partial charge in [-0.05, 0) is 50.8 Å². The molecule has 0 radical (unpaired) electrons. The van der Waals surface area contributed by atoms with Crippen LogP contribution in [-0.2, 0) is 19.6 Å². The van der Waals surface area contributed by atoms with Gasteiger partial charge in [-0.25, -0.2) is 13.1 Å². The Morgan fingerprint density at radius 3 is 2.34 bits per heavy atom. The third-order valence-corrected chi connectivity index (χ3v) is 6.72. The average Bonchev–Trinajstić information content (AvgIpc) is 3.06. The van der Waals surface area contributed by atoms with Gasteiger partial charge in [-0.3, -0.25) is 9.59 Å². The van der Waals surface area contributed by atoms with E-state index in [9.17, 15) is 18.0 Å². The number of nitrogens with two attached hydrogens (primary N) is 1. The summed E-state index contributed by atoms with van der Waals surface area (Å²) in [5.74, 6) is 0.185. The molecule has 1 aromatic carbocycles. The van der Waals surface area contributed by atoms with Crippen molar-refractivity contribution < 1.29 is 22.5 Å². The fourth-order valence-electron chi connectivity index (χ4n) is 3.43. The van der Waals surface area contributed by atoms with Crippen LogP contribution in [0.2, 0.25) is 0 Å². The third-order valence-electron chi connectivity index (χ3n) is 5.12. The van der Waals surface area contributed by atoms with Crippen molar-refractivity contribution in [3.63, 3.8) is 0 Å². The number of aryl methyl sites for hydroxylation is 3. The lowest BCUT2D eigenvalue weighted by atomic mass is 10.0. The lowest BCUT2D eigenvalue weighted by Crippen LogP contribution is -2.34. The van der Waals surface area contributed by atoms with Crippen LogP contribution in [-0.4, -0.2) is 38.5 Å². The van der Waals surface area contributed by atoms with Crippen LogP contribution in [0.5, 0.6) is 0 Å². The number of aromatic nitrogens is 1. The van der Waals surface area contributed by atoms with E-state index in [0.29, 0.717) is 36.3 Å². The molecule has 0 aliphatic rings. The van der Waals surface area contributed by atoms with E-state index in [1.54, 1.807) is 26.0 Å². The molecule has 0 bridgehead atoms. The summed E-state index contributed by atoms with van der Waals surface area (Å²) in [5, 5.41) is 6.65. The van der Waals surface area contributed by atoms with Crippen LogP contribution in [0.3, 0.4) is 0 Å². The Morgan fingerprint density at radius 2 is 1.72 bits per heavy atom. The minimum absolute atomic E-state index is 0.0850. The second-order valence-corrected chi connectivity index (χ2v) is 9.54. The van der Waals surface area contributed by atoms with Crippen LogP contribution in [0.1, 0.15) is 55.5 Å². The number of carbonyl (C=O) groups is 2. The summed E-state index contributed by atoms with van der Waals surface area (Å²) in [6.45, 7) is 5.61. The summed E-state index contributed by atoms with van der Waals surface area (Å²) in [5.41, 5.74) is 7.89. The van der Waals surface area contributed by atoms with Crippen molar-refractivity contribution in [3.05, 3.63) is 35.2 Å². The van der Waals surface area contributed by atoms with Crippen LogP contribution in [0, 0.1) is 20.8 Å². The van der Waals surface area contributed by atoms with E-state index in [1.807, 2.05) is 13.0 Å². The van der Waals surface area contributed by atoms with Crippen molar-refractivity contribution in [3.8, 4) is 11.1 Å². The fraction of sp³-hybridized carbons (Fsp3) is 0.500. The largest absolute Gasteiger partial charge is 0.370 e. The van der Waals surface area contributed by atoms with Crippen LogP contribution >= 0.6 is 0 Å². The highest BCUT2D eigenvalue weighted by atomic mass is 32.2. The smallest absolute Gasteiger partial charge is 0.240 e. The number of hydrogen-bond acceptors (Lipinski definition) is 6. The molecule has 32 heavy (non-hydrogen) atoms. The van der Waals surface area contributed by atoms with Gasteiger partial charge in [-0.2, -0.15) is 0 Å². The number of carbonyl (C=O) groups excluding carboxylic acids is 2. The van der Waals surface area contributed by atoms with Gasteiger partial charge in [0, 0.05) is 31.5 Å². The molecule has 0 fully saturated rings. The first-order valence-corrected chi connectivity index (χ1v) is 12.2. The zero-order chi connectivity index (χ0) is 23.7.